The molecule has 128 valence electrons. The average molecular weight is 341 g/mol. The van der Waals surface area contributed by atoms with Gasteiger partial charge in [-0.1, -0.05) is 0 Å². The van der Waals surface area contributed by atoms with E-state index in [2.05, 4.69) is 10.1 Å². The van der Waals surface area contributed by atoms with Gasteiger partial charge in [-0.3, -0.25) is 25.1 Å². The van der Waals surface area contributed by atoms with Crippen molar-refractivity contribution in [1.82, 2.24) is 5.01 Å². The van der Waals surface area contributed by atoms with Gasteiger partial charge in [0.2, 0.25) is 11.0 Å². The van der Waals surface area contributed by atoms with Crippen LogP contribution in [0.4, 0.5) is 11.4 Å². The van der Waals surface area contributed by atoms with Crippen LogP contribution >= 0.6 is 0 Å². The number of carbonyl (C=O) groups is 1. The van der Waals surface area contributed by atoms with Crippen LogP contribution in [0, 0.1) is 25.4 Å². The second kappa shape index (κ2) is 6.72. The monoisotopic (exact) mass is 341 g/mol. The molecule has 1 fully saturated rings. The Hall–Kier alpha value is -3.51. The minimum absolute atomic E-state index is 0.100. The van der Waals surface area contributed by atoms with Crippen LogP contribution in [0.15, 0.2) is 23.5 Å². The summed E-state index contributed by atoms with van der Waals surface area (Å²) in [5, 5.41) is 46.3. The number of hydrogen-bond acceptors (Lipinski definition) is 8. The van der Waals surface area contributed by atoms with E-state index in [1.807, 2.05) is 0 Å². The highest BCUT2D eigenvalue weighted by Gasteiger charge is 2.37. The molecule has 0 saturated carbocycles. The van der Waals surface area contributed by atoms with Crippen molar-refractivity contribution in [1.29, 1.82) is 0 Å². The number of nitro groups is 2. The van der Waals surface area contributed by atoms with Gasteiger partial charge in [0.15, 0.2) is 6.04 Å². The first-order valence-corrected chi connectivity index (χ1v) is 6.58. The van der Waals surface area contributed by atoms with E-state index in [4.69, 9.17) is 5.11 Å². The summed E-state index contributed by atoms with van der Waals surface area (Å²) in [5.74, 6) is -1.69. The number of carboxylic acids is 1. The van der Waals surface area contributed by atoms with E-state index in [0.717, 1.165) is 17.1 Å². The minimum Gasteiger partial charge on any atom is -0.569 e. The third-order valence-corrected chi connectivity index (χ3v) is 3.29. The summed E-state index contributed by atoms with van der Waals surface area (Å²) in [5.41, 5.74) is -1.28. The molecule has 2 rings (SSSR count). The van der Waals surface area contributed by atoms with Crippen LogP contribution in [0.3, 0.4) is 0 Å². The lowest BCUT2D eigenvalue weighted by Gasteiger charge is -2.16. The molecule has 1 N–H and O–H groups in total. The molecule has 1 heterocycles. The molecule has 0 spiro atoms. The first kappa shape index (κ1) is 16.9. The van der Waals surface area contributed by atoms with E-state index >= 15 is 0 Å². The van der Waals surface area contributed by atoms with Crippen molar-refractivity contribution >= 4 is 17.3 Å². The molecule has 1 aliphatic heterocycles. The van der Waals surface area contributed by atoms with Gasteiger partial charge in [-0.05, 0) is 18.9 Å². The predicted octanol–water partition coefficient (Wildman–Crippen LogP) is 1.22. The van der Waals surface area contributed by atoms with Crippen LogP contribution in [0.5, 0.6) is 5.75 Å². The fourth-order valence-corrected chi connectivity index (χ4v) is 2.17. The Morgan fingerprint density at radius 3 is 2.58 bits per heavy atom. The number of hydrogen-bond donors (Lipinski definition) is 1. The summed E-state index contributed by atoms with van der Waals surface area (Å²) in [6.45, 7) is 0.135. The molecule has 1 aromatic rings. The fourth-order valence-electron chi connectivity index (χ4n) is 2.17. The fraction of sp³-hybridized carbons (Fsp3) is 0.364. The van der Waals surface area contributed by atoms with Gasteiger partial charge >= 0.3 is 11.7 Å². The van der Waals surface area contributed by atoms with Crippen LogP contribution in [0.2, 0.25) is 0 Å². The summed E-state index contributed by atoms with van der Waals surface area (Å²) < 4.78 is 0. The molecule has 0 bridgehead atoms. The number of aliphatic carboxylic acids is 1. The first-order chi connectivity index (χ1) is 11.3. The van der Waals surface area contributed by atoms with Gasteiger partial charge in [0.25, 0.3) is 5.69 Å². The van der Waals surface area contributed by atoms with Crippen LogP contribution in [-0.2, 0) is 4.79 Å². The zero-order chi connectivity index (χ0) is 17.9. The van der Waals surface area contributed by atoms with Gasteiger partial charge in [-0.25, -0.2) is 4.79 Å². The van der Waals surface area contributed by atoms with Crippen molar-refractivity contribution in [3.63, 3.8) is 0 Å². The van der Waals surface area contributed by atoms with E-state index in [1.54, 1.807) is 0 Å². The Balaban J connectivity index is 2.23. The maximum atomic E-state index is 11.8. The molecule has 13 heteroatoms. The number of benzene rings is 1. The molecule has 0 aromatic heterocycles. The summed E-state index contributed by atoms with van der Waals surface area (Å²) in [7, 11) is 0. The summed E-state index contributed by atoms with van der Waals surface area (Å²) >= 11 is 0. The van der Waals surface area contributed by atoms with E-state index < -0.39 is 39.0 Å². The average Bonchev–Trinajstić information content (AvgIpc) is 3.02. The molecule has 24 heavy (non-hydrogen) atoms. The quantitative estimate of drug-likeness (QED) is 0.345. The summed E-state index contributed by atoms with van der Waals surface area (Å²) in [6, 6.07) is 1.46. The third-order valence-electron chi connectivity index (χ3n) is 3.29. The standard InChI is InChI=1S/C11H11N5O8/c17-11(18)8-2-1-5-13(8)16(23)12-24-10-4-3-7(14(19)20)6-9(10)15(21)22/h3-4,6,8H,1-2,5H2,(H,17,18)/b16-12-. The van der Waals surface area contributed by atoms with Crippen LogP contribution in [0.25, 0.3) is 0 Å². The summed E-state index contributed by atoms with van der Waals surface area (Å²) in [4.78, 5) is 35.4. The normalized spacial score (nSPS) is 17.6. The zero-order valence-corrected chi connectivity index (χ0v) is 12.0. The number of carboxylic acid groups (broad SMARTS) is 1. The Bertz CT molecular complexity index is 720. The topological polar surface area (TPSA) is 174 Å². The van der Waals surface area contributed by atoms with Crippen LogP contribution in [0.1, 0.15) is 12.8 Å². The lowest BCUT2D eigenvalue weighted by Crippen LogP contribution is -2.40. The highest BCUT2D eigenvalue weighted by Crippen LogP contribution is 2.31. The Morgan fingerprint density at radius 1 is 1.29 bits per heavy atom. The smallest absolute Gasteiger partial charge is 0.332 e. The second-order valence-electron chi connectivity index (χ2n) is 4.75. The number of rotatable bonds is 6. The molecule has 1 aromatic carbocycles. The highest BCUT2D eigenvalue weighted by atomic mass is 16.7. The van der Waals surface area contributed by atoms with Gasteiger partial charge in [0, 0.05) is 6.07 Å². The van der Waals surface area contributed by atoms with E-state index in [0.29, 0.717) is 12.5 Å². The van der Waals surface area contributed by atoms with E-state index in [9.17, 15) is 30.2 Å². The van der Waals surface area contributed by atoms with Gasteiger partial charge in [0.05, 0.1) is 27.4 Å². The number of nitro benzene ring substituents is 2. The molecule has 0 aliphatic carbocycles. The van der Waals surface area contributed by atoms with Crippen molar-refractivity contribution < 1.29 is 29.6 Å². The summed E-state index contributed by atoms with van der Waals surface area (Å²) in [6.07, 6.45) is 0.712. The first-order valence-electron chi connectivity index (χ1n) is 6.58. The SMILES string of the molecule is O=C(O)C1CCCN1/[N+]([O-])=N/Oc1ccc([N+](=O)[O-])cc1[N+](=O)[O-]. The van der Waals surface area contributed by atoms with E-state index in [1.165, 1.54) is 0 Å². The van der Waals surface area contributed by atoms with Gasteiger partial charge in [-0.15, -0.1) is 5.01 Å². The van der Waals surface area contributed by atoms with Crippen molar-refractivity contribution in [3.8, 4) is 5.75 Å². The van der Waals surface area contributed by atoms with Crippen molar-refractivity contribution in [2.45, 2.75) is 18.9 Å². The molecule has 0 radical (unpaired) electrons. The number of non-ortho nitro benzene ring substituents is 1. The number of nitrogens with zero attached hydrogens (tertiary/aromatic N) is 5. The van der Waals surface area contributed by atoms with Gasteiger partial charge < -0.3 is 10.3 Å². The molecule has 13 nitrogen and oxygen atoms in total. The van der Waals surface area contributed by atoms with Crippen LogP contribution in [-0.4, -0.2) is 43.5 Å². The molecule has 1 saturated heterocycles. The zero-order valence-electron chi connectivity index (χ0n) is 12.0. The Morgan fingerprint density at radius 2 is 2.00 bits per heavy atom. The largest absolute Gasteiger partial charge is 0.569 e. The maximum absolute atomic E-state index is 11.8. The van der Waals surface area contributed by atoms with Crippen LogP contribution < -0.4 is 4.84 Å². The Labute approximate surface area is 133 Å². The highest BCUT2D eigenvalue weighted by molar-refractivity contribution is 5.73. The third kappa shape index (κ3) is 3.45. The maximum Gasteiger partial charge on any atom is 0.332 e. The molecular formula is C11H11N5O8. The number of hydrazine groups is 1. The second-order valence-corrected chi connectivity index (χ2v) is 4.75. The molecule has 1 unspecified atom stereocenters. The molecular weight excluding hydrogens is 330 g/mol. The minimum atomic E-state index is -1.20. The van der Waals surface area contributed by atoms with Crippen molar-refractivity contribution in [3.05, 3.63) is 43.6 Å². The van der Waals surface area contributed by atoms with E-state index in [-0.39, 0.29) is 17.9 Å². The molecule has 1 atom stereocenters. The van der Waals surface area contributed by atoms with Crippen molar-refractivity contribution in [2.75, 3.05) is 6.54 Å². The predicted molar refractivity (Wildman–Crippen MR) is 73.8 cm³/mol. The van der Waals surface area contributed by atoms with Gasteiger partial charge in [0.1, 0.15) is 0 Å². The Kier molecular flexibility index (Phi) is 4.72. The molecule has 0 amide bonds. The van der Waals surface area contributed by atoms with Crippen molar-refractivity contribution in [2.24, 2.45) is 5.28 Å². The molecule has 1 aliphatic rings. The lowest BCUT2D eigenvalue weighted by molar-refractivity contribution is -0.708. The lowest BCUT2D eigenvalue weighted by atomic mass is 10.2. The van der Waals surface area contributed by atoms with Gasteiger partial charge in [-0.2, -0.15) is 0 Å².